The van der Waals surface area contributed by atoms with Crippen LogP contribution in [0.3, 0.4) is 0 Å². The van der Waals surface area contributed by atoms with Gasteiger partial charge in [-0.15, -0.1) is 0 Å². The summed E-state index contributed by atoms with van der Waals surface area (Å²) in [6.07, 6.45) is 0. The third-order valence-corrected chi connectivity index (χ3v) is 75.9. The Morgan fingerprint density at radius 2 is 1.14 bits per heavy atom. The molecule has 3 heteroatoms. The molecule has 1 aromatic rings. The summed E-state index contributed by atoms with van der Waals surface area (Å²) in [5.41, 5.74) is 2.90. The molecule has 0 amide bonds. The first kappa shape index (κ1) is 14.6. The Kier molecular flexibility index (Phi) is 0.932. The molecule has 1 aromatic carbocycles. The van der Waals surface area contributed by atoms with Crippen molar-refractivity contribution in [2.24, 2.45) is 0 Å². The Morgan fingerprint density at radius 3 is 1.54 bits per heavy atom. The van der Waals surface area contributed by atoms with Crippen molar-refractivity contribution in [3.05, 3.63) is 30.3 Å². The van der Waals surface area contributed by atoms with Gasteiger partial charge in [0.05, 0.1) is 0 Å². The van der Waals surface area contributed by atoms with Crippen LogP contribution >= 0.6 is 15.8 Å². The molecule has 10 fully saturated rings. The van der Waals surface area contributed by atoms with Crippen LogP contribution in [-0.4, -0.2) is 25.1 Å². The van der Waals surface area contributed by atoms with E-state index in [-0.39, 0.29) is 15.8 Å². The molecule has 10 aliphatic heterocycles. The summed E-state index contributed by atoms with van der Waals surface area (Å²) in [7, 11) is 0.353. The SMILES string of the molecule is CC(C)P(c1ccccc1)[C]12[CH]3[CH]4[CH]5[CH]1[Fe]45321678[CH]2[CH]1[CH]6[C]7(P(C(C)C)C(C)C)[CH]28. The van der Waals surface area contributed by atoms with Gasteiger partial charge in [0.2, 0.25) is 0 Å². The van der Waals surface area contributed by atoms with Gasteiger partial charge in [-0.2, -0.15) is 0 Å². The molecular formula is C25H34FeP2. The van der Waals surface area contributed by atoms with Crippen LogP contribution in [0.1, 0.15) is 41.5 Å². The van der Waals surface area contributed by atoms with Crippen LogP contribution in [-0.2, 0) is 6.51 Å². The maximum atomic E-state index is 2.65. The molecule has 0 aromatic heterocycles. The van der Waals surface area contributed by atoms with Crippen molar-refractivity contribution in [2.45, 2.75) is 105 Å². The van der Waals surface area contributed by atoms with Crippen LogP contribution in [0.4, 0.5) is 0 Å². The van der Waals surface area contributed by atoms with Crippen molar-refractivity contribution in [3.8, 4) is 0 Å². The Hall–Kier alpha value is 0.599. The van der Waals surface area contributed by atoms with E-state index in [0.717, 1.165) is 25.1 Å². The van der Waals surface area contributed by atoms with Gasteiger partial charge in [0, 0.05) is 0 Å². The molecule has 9 atom stereocenters. The molecule has 152 valence electrons. The minimum atomic E-state index is -3.37. The molecule has 0 radical (unpaired) electrons. The third kappa shape index (κ3) is 0.253. The Balaban J connectivity index is 1.28. The van der Waals surface area contributed by atoms with E-state index in [2.05, 4.69) is 71.9 Å². The van der Waals surface area contributed by atoms with Crippen LogP contribution in [0.5, 0.6) is 0 Å². The van der Waals surface area contributed by atoms with Gasteiger partial charge in [-0.1, -0.05) is 0 Å². The first-order chi connectivity index (χ1) is 13.1. The molecule has 0 aliphatic carbocycles. The molecular weight excluding hydrogens is 418 g/mol. The van der Waals surface area contributed by atoms with Gasteiger partial charge in [-0.3, -0.25) is 0 Å². The second-order valence-electron chi connectivity index (χ2n) is 15.1. The quantitative estimate of drug-likeness (QED) is 0.306. The van der Waals surface area contributed by atoms with Gasteiger partial charge < -0.3 is 0 Å². The summed E-state index contributed by atoms with van der Waals surface area (Å²) >= 11 is 0. The zero-order chi connectivity index (χ0) is 18.9. The van der Waals surface area contributed by atoms with Gasteiger partial charge >= 0.3 is 163 Å². The van der Waals surface area contributed by atoms with E-state index in [1.54, 1.807) is 0 Å². The van der Waals surface area contributed by atoms with Crippen molar-refractivity contribution in [3.63, 3.8) is 0 Å². The molecule has 0 N–H and O–H groups in total. The van der Waals surface area contributed by atoms with E-state index in [1.807, 2.05) is 5.30 Å². The molecule has 0 nitrogen and oxygen atoms in total. The molecule has 28 heavy (non-hydrogen) atoms. The summed E-state index contributed by atoms with van der Waals surface area (Å²) in [5, 5.41) is 1.83. The molecule has 0 saturated carbocycles. The molecule has 10 saturated heterocycles. The average Bonchev–Trinajstić information content (AvgIpc) is 3.57. The fraction of sp³-hybridized carbons (Fsp3) is 0.760. The van der Waals surface area contributed by atoms with Crippen LogP contribution in [0, 0.1) is 0 Å². The number of hydrogen-bond acceptors (Lipinski definition) is 0. The van der Waals surface area contributed by atoms with E-state index in [9.17, 15) is 0 Å². The summed E-state index contributed by atoms with van der Waals surface area (Å²) in [5.74, 6) is 0. The van der Waals surface area contributed by atoms with Crippen LogP contribution in [0.15, 0.2) is 30.3 Å². The number of hydrogen-bond donors (Lipinski definition) is 0. The van der Waals surface area contributed by atoms with Crippen LogP contribution in [0.25, 0.3) is 0 Å². The second-order valence-corrected chi connectivity index (χ2v) is 45.7. The van der Waals surface area contributed by atoms with E-state index >= 15 is 0 Å². The predicted molar refractivity (Wildman–Crippen MR) is 121 cm³/mol. The number of benzene rings is 1. The molecule has 10 aliphatic rings. The van der Waals surface area contributed by atoms with Gasteiger partial charge in [-0.25, -0.2) is 0 Å². The van der Waals surface area contributed by atoms with Gasteiger partial charge in [0.25, 0.3) is 0 Å². The van der Waals surface area contributed by atoms with E-state index < -0.39 is 6.51 Å². The topological polar surface area (TPSA) is 0 Å². The first-order valence-corrected chi connectivity index (χ1v) is 21.1. The molecule has 10 heterocycles. The van der Waals surface area contributed by atoms with Gasteiger partial charge in [-0.05, 0) is 0 Å². The maximum absolute atomic E-state index is 3.37. The van der Waals surface area contributed by atoms with E-state index in [0.29, 0.717) is 0 Å². The minimum absolute atomic E-state index is 0.0830. The summed E-state index contributed by atoms with van der Waals surface area (Å²) < 4.78 is 2.12. The fourth-order valence-electron chi connectivity index (χ4n) is 20.5. The standard InChI is InChI=1S/C14H16P.C11H18P.Fe/c1-12(2)15(14-10-6-7-11-14)13-8-4-3-5-9-13;1-9(2)12(10(3)4)11-7-5-6-8-11;/h3-12H,1-2H3;5-10H,1-4H3;. The molecule has 9 unspecified atom stereocenters. The second kappa shape index (κ2) is 1.78. The fourth-order valence-corrected chi connectivity index (χ4v) is 129. The van der Waals surface area contributed by atoms with Crippen LogP contribution in [0.2, 0.25) is 38.5 Å². The Labute approximate surface area is 162 Å². The van der Waals surface area contributed by atoms with Crippen molar-refractivity contribution in [2.75, 3.05) is 0 Å². The van der Waals surface area contributed by atoms with Crippen molar-refractivity contribution in [1.29, 1.82) is 0 Å². The van der Waals surface area contributed by atoms with Crippen molar-refractivity contribution >= 4 is 21.1 Å². The molecule has 0 bridgehead atoms. The summed E-state index contributed by atoms with van der Waals surface area (Å²) in [6, 6.07) is 12.1. The Morgan fingerprint density at radius 1 is 0.679 bits per heavy atom. The third-order valence-electron chi connectivity index (χ3n) is 18.1. The number of rotatable bonds is 6. The summed E-state index contributed by atoms with van der Waals surface area (Å²) in [6.45, 7) is 12.5. The Bertz CT molecular complexity index is 1410. The molecule has 1 spiro atoms. The van der Waals surface area contributed by atoms with E-state index in [1.165, 1.54) is 38.5 Å². The zero-order valence-electron chi connectivity index (χ0n) is 18.0. The molecule has 11 rings (SSSR count). The van der Waals surface area contributed by atoms with Gasteiger partial charge in [0.15, 0.2) is 0 Å². The van der Waals surface area contributed by atoms with Crippen molar-refractivity contribution in [1.82, 2.24) is 0 Å². The normalized spacial score (nSPS) is 81.6. The van der Waals surface area contributed by atoms with Crippen LogP contribution < -0.4 is 5.30 Å². The van der Waals surface area contributed by atoms with Gasteiger partial charge in [0.1, 0.15) is 0 Å². The average molecular weight is 452 g/mol. The summed E-state index contributed by atoms with van der Waals surface area (Å²) in [4.78, 5) is 11.5. The first-order valence-electron chi connectivity index (χ1n) is 12.0. The van der Waals surface area contributed by atoms with Crippen molar-refractivity contribution < 1.29 is 6.51 Å². The monoisotopic (exact) mass is 452 g/mol. The number of fused-ring (bicyclic) bond motifs is 10. The predicted octanol–water partition coefficient (Wildman–Crippen LogP) is 7.71. The zero-order valence-corrected chi connectivity index (χ0v) is 20.9. The van der Waals surface area contributed by atoms with E-state index in [4.69, 9.17) is 0 Å².